The highest BCUT2D eigenvalue weighted by atomic mass is 35.5. The molecule has 0 aliphatic carbocycles. The smallest absolute Gasteiger partial charge is 0.412 e. The van der Waals surface area contributed by atoms with Gasteiger partial charge in [-0.05, 0) is 36.8 Å². The van der Waals surface area contributed by atoms with E-state index in [-0.39, 0.29) is 54.0 Å². The van der Waals surface area contributed by atoms with Crippen LogP contribution in [0.3, 0.4) is 0 Å². The summed E-state index contributed by atoms with van der Waals surface area (Å²) in [6.07, 6.45) is 6.71. The number of nitrogens with two attached hydrogens (primary N) is 1. The van der Waals surface area contributed by atoms with E-state index in [4.69, 9.17) is 27.5 Å². The molecule has 0 aromatic heterocycles. The number of nitrogen functional groups attached to an aromatic ring is 1. The minimum absolute atomic E-state index is 0. The maximum Gasteiger partial charge on any atom is 0.412 e. The molecule has 1 fully saturated rings. The van der Waals surface area contributed by atoms with Gasteiger partial charge in [-0.15, -0.1) is 24.8 Å². The number of piperidine rings is 1. The van der Waals surface area contributed by atoms with E-state index < -0.39 is 16.3 Å². The van der Waals surface area contributed by atoms with Crippen LogP contribution >= 0.6 is 36.4 Å². The molecular formula is C26H34Cl3N5O5S. The van der Waals surface area contributed by atoms with Crippen molar-refractivity contribution in [1.82, 2.24) is 4.90 Å². The Morgan fingerprint density at radius 3 is 2.52 bits per heavy atom. The summed E-state index contributed by atoms with van der Waals surface area (Å²) in [5, 5.41) is 7.81. The first kappa shape index (κ1) is 35.0. The molecule has 0 radical (unpaired) electrons. The summed E-state index contributed by atoms with van der Waals surface area (Å²) in [5.41, 5.74) is 7.01. The maximum absolute atomic E-state index is 12.9. The van der Waals surface area contributed by atoms with Gasteiger partial charge in [0, 0.05) is 45.0 Å². The molecule has 0 amide bonds. The Labute approximate surface area is 252 Å². The number of carbonyl (C=O) groups is 1. The molecule has 3 N–H and O–H groups in total. The van der Waals surface area contributed by atoms with Gasteiger partial charge in [0.25, 0.3) is 0 Å². The number of aliphatic imine (C=N–C) groups is 1. The molecular weight excluding hydrogens is 601 g/mol. The molecule has 2 aromatic rings. The minimum Gasteiger partial charge on any atom is -0.489 e. The standard InChI is InChI=1S/C26H32ClN5O5S.2ClH/c1-3-30-18-31-14-11-23(12-15-31)36-25-10-9-22(17-24(25)27)32(38(34,35)37-19(2)33)13-5-7-20-6-4-8-21(16-20)26(28)29;;/h4-10,16-18,23H,3,11-15H2,1-2H3,(H3,28,29);2*1H/b7-5+,30-18?;;. The van der Waals surface area contributed by atoms with Gasteiger partial charge < -0.3 is 19.6 Å². The second kappa shape index (κ2) is 16.3. The van der Waals surface area contributed by atoms with Gasteiger partial charge in [-0.25, -0.2) is 4.31 Å². The number of carbonyl (C=O) groups excluding carboxylic acids is 1. The van der Waals surface area contributed by atoms with E-state index in [1.165, 1.54) is 6.07 Å². The van der Waals surface area contributed by atoms with E-state index in [1.807, 2.05) is 13.3 Å². The van der Waals surface area contributed by atoms with Gasteiger partial charge >= 0.3 is 16.3 Å². The molecule has 10 nitrogen and oxygen atoms in total. The number of amidine groups is 1. The summed E-state index contributed by atoms with van der Waals surface area (Å²) in [7, 11) is -4.46. The van der Waals surface area contributed by atoms with E-state index in [2.05, 4.69) is 14.1 Å². The highest BCUT2D eigenvalue weighted by molar-refractivity contribution is 7.88. The zero-order valence-electron chi connectivity index (χ0n) is 22.2. The summed E-state index contributed by atoms with van der Waals surface area (Å²) in [6.45, 7) is 5.24. The van der Waals surface area contributed by atoms with Crippen LogP contribution in [0, 0.1) is 5.41 Å². The number of benzene rings is 2. The fourth-order valence-corrected chi connectivity index (χ4v) is 5.09. The first-order chi connectivity index (χ1) is 18.1. The van der Waals surface area contributed by atoms with Gasteiger partial charge in [-0.3, -0.25) is 15.2 Å². The number of halogens is 3. The van der Waals surface area contributed by atoms with Crippen LogP contribution in [-0.4, -0.2) is 63.7 Å². The van der Waals surface area contributed by atoms with Crippen LogP contribution in [-0.2, 0) is 19.3 Å². The van der Waals surface area contributed by atoms with Crippen LogP contribution in [0.5, 0.6) is 5.75 Å². The maximum atomic E-state index is 12.9. The second-order valence-electron chi connectivity index (χ2n) is 8.59. The number of nitrogens with one attached hydrogen (secondary N) is 1. The van der Waals surface area contributed by atoms with Crippen molar-refractivity contribution in [1.29, 1.82) is 5.41 Å². The summed E-state index contributed by atoms with van der Waals surface area (Å²) < 4.78 is 37.4. The number of nitrogens with zero attached hydrogens (tertiary/aromatic N) is 3. The predicted molar refractivity (Wildman–Crippen MR) is 165 cm³/mol. The van der Waals surface area contributed by atoms with Crippen LogP contribution in [0.2, 0.25) is 5.02 Å². The third kappa shape index (κ3) is 10.2. The summed E-state index contributed by atoms with van der Waals surface area (Å²) in [6, 6.07) is 11.6. The van der Waals surface area contributed by atoms with Crippen molar-refractivity contribution in [2.24, 2.45) is 10.7 Å². The molecule has 1 aliphatic rings. The first-order valence-corrected chi connectivity index (χ1v) is 13.9. The van der Waals surface area contributed by atoms with Crippen molar-refractivity contribution < 1.29 is 22.1 Å². The molecule has 0 saturated carbocycles. The lowest BCUT2D eigenvalue weighted by Gasteiger charge is -2.31. The van der Waals surface area contributed by atoms with Gasteiger partial charge in [0.15, 0.2) is 0 Å². The van der Waals surface area contributed by atoms with Crippen molar-refractivity contribution in [2.75, 3.05) is 30.5 Å². The van der Waals surface area contributed by atoms with E-state index in [9.17, 15) is 13.2 Å². The first-order valence-electron chi connectivity index (χ1n) is 12.1. The van der Waals surface area contributed by atoms with Crippen LogP contribution in [0.15, 0.2) is 53.5 Å². The Balaban J connectivity index is 0.00000400. The summed E-state index contributed by atoms with van der Waals surface area (Å²) >= 11 is 6.49. The third-order valence-corrected chi connectivity index (χ3v) is 7.31. The molecule has 14 heteroatoms. The number of hydrogen-bond acceptors (Lipinski definition) is 7. The third-order valence-electron chi connectivity index (χ3n) is 5.67. The van der Waals surface area contributed by atoms with Gasteiger partial charge in [0.2, 0.25) is 0 Å². The summed E-state index contributed by atoms with van der Waals surface area (Å²) in [4.78, 5) is 17.9. The fourth-order valence-electron chi connectivity index (χ4n) is 3.84. The molecule has 1 aliphatic heterocycles. The van der Waals surface area contributed by atoms with Crippen molar-refractivity contribution in [3.05, 3.63) is 64.7 Å². The van der Waals surface area contributed by atoms with Crippen molar-refractivity contribution in [3.8, 4) is 5.75 Å². The van der Waals surface area contributed by atoms with Gasteiger partial charge in [-0.2, -0.15) is 8.42 Å². The van der Waals surface area contributed by atoms with Gasteiger partial charge in [-0.1, -0.05) is 42.0 Å². The molecule has 0 spiro atoms. The average molecular weight is 635 g/mol. The average Bonchev–Trinajstić information content (AvgIpc) is 2.86. The number of likely N-dealkylation sites (tertiary alicyclic amines) is 1. The highest BCUT2D eigenvalue weighted by Gasteiger charge is 2.26. The number of rotatable bonds is 11. The highest BCUT2D eigenvalue weighted by Crippen LogP contribution is 2.32. The Morgan fingerprint density at radius 1 is 1.23 bits per heavy atom. The lowest BCUT2D eigenvalue weighted by Crippen LogP contribution is -2.37. The van der Waals surface area contributed by atoms with Crippen LogP contribution in [0.4, 0.5) is 5.69 Å². The second-order valence-corrected chi connectivity index (χ2v) is 10.5. The summed E-state index contributed by atoms with van der Waals surface area (Å²) in [5.74, 6) is -0.598. The Bertz CT molecular complexity index is 1320. The van der Waals surface area contributed by atoms with Gasteiger partial charge in [0.05, 0.1) is 23.6 Å². The Kier molecular flexibility index (Phi) is 14.3. The van der Waals surface area contributed by atoms with Crippen LogP contribution in [0.1, 0.15) is 37.8 Å². The molecule has 40 heavy (non-hydrogen) atoms. The quantitative estimate of drug-likeness (QED) is 0.270. The lowest BCUT2D eigenvalue weighted by atomic mass is 10.1. The van der Waals surface area contributed by atoms with Crippen LogP contribution in [0.25, 0.3) is 6.08 Å². The monoisotopic (exact) mass is 633 g/mol. The van der Waals surface area contributed by atoms with Crippen molar-refractivity contribution in [3.63, 3.8) is 0 Å². The zero-order valence-corrected chi connectivity index (χ0v) is 25.4. The number of anilines is 1. The largest absolute Gasteiger partial charge is 0.489 e. The Morgan fingerprint density at radius 2 is 1.93 bits per heavy atom. The molecule has 1 heterocycles. The molecule has 3 rings (SSSR count). The van der Waals surface area contributed by atoms with E-state index in [0.29, 0.717) is 11.3 Å². The predicted octanol–water partition coefficient (Wildman–Crippen LogP) is 4.69. The van der Waals surface area contributed by atoms with E-state index in [0.717, 1.165) is 49.3 Å². The minimum atomic E-state index is -4.46. The van der Waals surface area contributed by atoms with Crippen molar-refractivity contribution >= 4 is 76.6 Å². The lowest BCUT2D eigenvalue weighted by molar-refractivity contribution is -0.131. The van der Waals surface area contributed by atoms with Crippen molar-refractivity contribution in [2.45, 2.75) is 32.8 Å². The number of hydrogen-bond donors (Lipinski definition) is 2. The zero-order chi connectivity index (χ0) is 27.7. The normalized spacial score (nSPS) is 13.9. The van der Waals surface area contributed by atoms with Crippen LogP contribution < -0.4 is 14.8 Å². The molecule has 220 valence electrons. The van der Waals surface area contributed by atoms with Gasteiger partial charge in [0.1, 0.15) is 17.7 Å². The molecule has 1 saturated heterocycles. The number of ether oxygens (including phenoxy) is 1. The van der Waals surface area contributed by atoms with E-state index in [1.54, 1.807) is 48.6 Å². The molecule has 0 unspecified atom stereocenters. The Hall–Kier alpha value is -2.99. The molecule has 2 aromatic carbocycles. The van der Waals surface area contributed by atoms with E-state index >= 15 is 0 Å². The SMILES string of the molecule is CCN=CN1CCC(Oc2ccc(N(C/C=C/c3cccc(C(=N)N)c3)S(=O)(=O)OC(C)=O)cc2Cl)CC1.Cl.Cl. The molecule has 0 bridgehead atoms. The topological polar surface area (TPSA) is 138 Å². The fraction of sp³-hybridized carbons (Fsp3) is 0.346. The molecule has 0 atom stereocenters.